The Bertz CT molecular complexity index is 739. The van der Waals surface area contributed by atoms with E-state index in [0.29, 0.717) is 24.8 Å². The zero-order valence-electron chi connectivity index (χ0n) is 16.1. The molecule has 1 heterocycles. The minimum atomic E-state index is -0.300. The van der Waals surface area contributed by atoms with E-state index < -0.39 is 0 Å². The van der Waals surface area contributed by atoms with Crippen LogP contribution in [0.4, 0.5) is 4.39 Å². The number of hydrogen-bond acceptors (Lipinski definition) is 4. The van der Waals surface area contributed by atoms with E-state index in [1.807, 2.05) is 24.4 Å². The first-order chi connectivity index (χ1) is 12.9. The van der Waals surface area contributed by atoms with Crippen molar-refractivity contribution in [3.8, 4) is 5.75 Å². The van der Waals surface area contributed by atoms with Gasteiger partial charge in [-0.3, -0.25) is 4.79 Å². The average molecular weight is 520 g/mol. The number of ether oxygens (including phenoxy) is 1. The molecule has 0 aliphatic carbocycles. The summed E-state index contributed by atoms with van der Waals surface area (Å²) in [5.74, 6) is 0.750. The number of aliphatic imine (C=N–C) groups is 1. The maximum atomic E-state index is 13.0. The molecular weight excluding hydrogens is 494 g/mol. The molecule has 0 radical (unpaired) electrons. The molecule has 0 saturated heterocycles. The fourth-order valence-electron chi connectivity index (χ4n) is 2.07. The zero-order valence-corrected chi connectivity index (χ0v) is 19.3. The molecule has 1 atom stereocenters. The quantitative estimate of drug-likeness (QED) is 0.319. The van der Waals surface area contributed by atoms with Crippen LogP contribution in [0.2, 0.25) is 0 Å². The van der Waals surface area contributed by atoms with Crippen LogP contribution in [0.5, 0.6) is 5.75 Å². The Morgan fingerprint density at radius 1 is 1.25 bits per heavy atom. The number of amides is 1. The van der Waals surface area contributed by atoms with Crippen molar-refractivity contribution in [2.75, 3.05) is 27.2 Å². The Balaban J connectivity index is 0.00000392. The van der Waals surface area contributed by atoms with E-state index >= 15 is 0 Å². The second-order valence-electron chi connectivity index (χ2n) is 6.15. The molecule has 1 aromatic carbocycles. The zero-order chi connectivity index (χ0) is 19.6. The van der Waals surface area contributed by atoms with Crippen molar-refractivity contribution in [3.63, 3.8) is 0 Å². The Hall–Kier alpha value is -1.88. The minimum Gasteiger partial charge on any atom is -0.489 e. The van der Waals surface area contributed by atoms with Crippen molar-refractivity contribution in [1.29, 1.82) is 0 Å². The van der Waals surface area contributed by atoms with Gasteiger partial charge in [0, 0.05) is 19.0 Å². The van der Waals surface area contributed by atoms with Gasteiger partial charge in [-0.2, -0.15) is 0 Å². The van der Waals surface area contributed by atoms with Crippen LogP contribution >= 0.6 is 35.3 Å². The summed E-state index contributed by atoms with van der Waals surface area (Å²) in [7, 11) is 3.39. The molecule has 0 saturated carbocycles. The largest absolute Gasteiger partial charge is 0.489 e. The first-order valence-electron chi connectivity index (χ1n) is 8.61. The van der Waals surface area contributed by atoms with E-state index in [1.165, 1.54) is 21.9 Å². The molecule has 1 amide bonds. The Morgan fingerprint density at radius 2 is 1.96 bits per heavy atom. The van der Waals surface area contributed by atoms with Gasteiger partial charge in [-0.15, -0.1) is 35.3 Å². The van der Waals surface area contributed by atoms with Crippen LogP contribution in [0, 0.1) is 5.82 Å². The van der Waals surface area contributed by atoms with Gasteiger partial charge in [-0.05, 0) is 42.6 Å². The second-order valence-corrected chi connectivity index (χ2v) is 7.18. The topological polar surface area (TPSA) is 66.0 Å². The van der Waals surface area contributed by atoms with Crippen LogP contribution in [0.15, 0.2) is 46.8 Å². The molecule has 0 aliphatic rings. The molecule has 9 heteroatoms. The monoisotopic (exact) mass is 520 g/mol. The van der Waals surface area contributed by atoms with Crippen molar-refractivity contribution in [1.82, 2.24) is 15.5 Å². The van der Waals surface area contributed by atoms with E-state index in [1.54, 1.807) is 37.6 Å². The number of guanidine groups is 1. The molecule has 2 aromatic rings. The van der Waals surface area contributed by atoms with Gasteiger partial charge < -0.3 is 20.3 Å². The predicted molar refractivity (Wildman–Crippen MR) is 122 cm³/mol. The third kappa shape index (κ3) is 8.87. The number of halogens is 2. The van der Waals surface area contributed by atoms with Gasteiger partial charge in [0.25, 0.3) is 0 Å². The Labute approximate surface area is 186 Å². The van der Waals surface area contributed by atoms with Gasteiger partial charge >= 0.3 is 0 Å². The molecule has 0 bridgehead atoms. The molecule has 154 valence electrons. The van der Waals surface area contributed by atoms with Crippen LogP contribution in [0.1, 0.15) is 11.8 Å². The third-order valence-electron chi connectivity index (χ3n) is 3.59. The number of benzene rings is 1. The lowest BCUT2D eigenvalue weighted by Gasteiger charge is -2.18. The molecule has 28 heavy (non-hydrogen) atoms. The highest BCUT2D eigenvalue weighted by Crippen LogP contribution is 2.12. The van der Waals surface area contributed by atoms with E-state index in [0.717, 1.165) is 0 Å². The molecule has 2 N–H and O–H groups in total. The smallest absolute Gasteiger partial charge is 0.243 e. The Morgan fingerprint density at radius 3 is 2.57 bits per heavy atom. The standard InChI is InChI=1S/C19H25FN4O2S.HI/c1-14(26-16-8-6-15(20)7-9-16)11-21-19(23-13-18(25)24(2)3)22-12-17-5-4-10-27-17;/h4-10,14H,11-13H2,1-3H3,(H2,21,22,23);1H. The minimum absolute atomic E-state index is 0. The third-order valence-corrected chi connectivity index (χ3v) is 4.47. The lowest BCUT2D eigenvalue weighted by molar-refractivity contribution is -0.127. The number of likely N-dealkylation sites (N-methyl/N-ethyl adjacent to an activating group) is 1. The van der Waals surface area contributed by atoms with E-state index in [2.05, 4.69) is 15.6 Å². The summed E-state index contributed by atoms with van der Waals surface area (Å²) in [5, 5.41) is 8.41. The van der Waals surface area contributed by atoms with E-state index in [4.69, 9.17) is 4.74 Å². The first-order valence-corrected chi connectivity index (χ1v) is 9.49. The van der Waals surface area contributed by atoms with Crippen LogP contribution in [-0.4, -0.2) is 50.1 Å². The number of nitrogens with one attached hydrogen (secondary N) is 2. The van der Waals surface area contributed by atoms with Gasteiger partial charge in [0.1, 0.15) is 24.2 Å². The SMILES string of the molecule is CC(CNC(=NCC(=O)N(C)C)NCc1cccs1)Oc1ccc(F)cc1.I. The summed E-state index contributed by atoms with van der Waals surface area (Å²) < 4.78 is 18.7. The molecule has 0 spiro atoms. The number of rotatable bonds is 8. The summed E-state index contributed by atoms with van der Waals surface area (Å²) in [6, 6.07) is 9.91. The molecule has 0 aliphatic heterocycles. The molecule has 1 unspecified atom stereocenters. The van der Waals surface area contributed by atoms with Gasteiger partial charge in [0.05, 0.1) is 13.1 Å². The first kappa shape index (κ1) is 24.2. The number of hydrogen-bond donors (Lipinski definition) is 2. The number of thiophene rings is 1. The predicted octanol–water partition coefficient (Wildman–Crippen LogP) is 3.10. The van der Waals surface area contributed by atoms with Gasteiger partial charge in [-0.1, -0.05) is 6.07 Å². The molecule has 1 aromatic heterocycles. The molecule has 2 rings (SSSR count). The van der Waals surface area contributed by atoms with Crippen LogP contribution < -0.4 is 15.4 Å². The summed E-state index contributed by atoms with van der Waals surface area (Å²) in [6.45, 7) is 3.05. The molecule has 0 fully saturated rings. The van der Waals surface area contributed by atoms with E-state index in [9.17, 15) is 9.18 Å². The summed E-state index contributed by atoms with van der Waals surface area (Å²) in [4.78, 5) is 18.8. The number of carbonyl (C=O) groups is 1. The van der Waals surface area contributed by atoms with Crippen LogP contribution in [0.25, 0.3) is 0 Å². The normalized spacial score (nSPS) is 11.9. The van der Waals surface area contributed by atoms with Crippen LogP contribution in [0.3, 0.4) is 0 Å². The molecule has 6 nitrogen and oxygen atoms in total. The highest BCUT2D eigenvalue weighted by atomic mass is 127. The number of carbonyl (C=O) groups excluding carboxylic acids is 1. The highest BCUT2D eigenvalue weighted by molar-refractivity contribution is 14.0. The average Bonchev–Trinajstić information content (AvgIpc) is 3.16. The van der Waals surface area contributed by atoms with Gasteiger partial charge in [0.2, 0.25) is 5.91 Å². The van der Waals surface area contributed by atoms with Crippen molar-refractivity contribution >= 4 is 47.2 Å². The van der Waals surface area contributed by atoms with Crippen molar-refractivity contribution < 1.29 is 13.9 Å². The fourth-order valence-corrected chi connectivity index (χ4v) is 2.72. The second kappa shape index (κ2) is 12.6. The van der Waals surface area contributed by atoms with Crippen molar-refractivity contribution in [2.45, 2.75) is 19.6 Å². The van der Waals surface area contributed by atoms with Crippen molar-refractivity contribution in [2.24, 2.45) is 4.99 Å². The van der Waals surface area contributed by atoms with Gasteiger partial charge in [0.15, 0.2) is 5.96 Å². The summed E-state index contributed by atoms with van der Waals surface area (Å²) >= 11 is 1.65. The summed E-state index contributed by atoms with van der Waals surface area (Å²) in [6.07, 6.45) is -0.172. The maximum absolute atomic E-state index is 13.0. The van der Waals surface area contributed by atoms with Crippen molar-refractivity contribution in [3.05, 3.63) is 52.5 Å². The summed E-state index contributed by atoms with van der Waals surface area (Å²) in [5.41, 5.74) is 0. The lowest BCUT2D eigenvalue weighted by atomic mass is 10.3. The van der Waals surface area contributed by atoms with Gasteiger partial charge in [-0.25, -0.2) is 9.38 Å². The van der Waals surface area contributed by atoms with E-state index in [-0.39, 0.29) is 48.3 Å². The highest BCUT2D eigenvalue weighted by Gasteiger charge is 2.08. The Kier molecular flexibility index (Phi) is 10.8. The number of nitrogens with zero attached hydrogens (tertiary/aromatic N) is 2. The maximum Gasteiger partial charge on any atom is 0.243 e. The fraction of sp³-hybridized carbons (Fsp3) is 0.368. The molecular formula is C19H26FIN4O2S. The van der Waals surface area contributed by atoms with Crippen LogP contribution in [-0.2, 0) is 11.3 Å². The lowest BCUT2D eigenvalue weighted by Crippen LogP contribution is -2.42.